The maximum Gasteiger partial charge on any atom is 0.327 e. The molecule has 0 fully saturated rings. The summed E-state index contributed by atoms with van der Waals surface area (Å²) < 4.78 is 4.73. The van der Waals surface area contributed by atoms with Crippen LogP contribution in [0, 0.1) is 0 Å². The molecule has 18 heavy (non-hydrogen) atoms. The van der Waals surface area contributed by atoms with Gasteiger partial charge in [0.25, 0.3) is 0 Å². The van der Waals surface area contributed by atoms with Crippen LogP contribution in [0.1, 0.15) is 18.5 Å². The smallest absolute Gasteiger partial charge is 0.327 e. The Morgan fingerprint density at radius 3 is 2.50 bits per heavy atom. The van der Waals surface area contributed by atoms with Crippen molar-refractivity contribution in [2.24, 2.45) is 0 Å². The molecular weight excluding hydrogens is 232 g/mol. The average Bonchev–Trinajstić information content (AvgIpc) is 2.40. The Morgan fingerprint density at radius 2 is 1.94 bits per heavy atom. The molecular formula is C13H18N2O3. The Hall–Kier alpha value is -1.88. The molecule has 5 heteroatoms. The summed E-state index contributed by atoms with van der Waals surface area (Å²) in [4.78, 5) is 23.0. The number of ether oxygens (including phenoxy) is 1. The molecule has 0 saturated heterocycles. The van der Waals surface area contributed by atoms with E-state index < -0.39 is 12.0 Å². The van der Waals surface area contributed by atoms with Crippen LogP contribution in [0.25, 0.3) is 0 Å². The van der Waals surface area contributed by atoms with E-state index in [1.807, 2.05) is 37.3 Å². The fourth-order valence-corrected chi connectivity index (χ4v) is 1.56. The normalized spacial score (nSPS) is 11.7. The number of amides is 1. The van der Waals surface area contributed by atoms with Gasteiger partial charge in [-0.3, -0.25) is 10.1 Å². The highest BCUT2D eigenvalue weighted by atomic mass is 16.5. The van der Waals surface area contributed by atoms with E-state index in [0.717, 1.165) is 5.56 Å². The van der Waals surface area contributed by atoms with Gasteiger partial charge in [-0.2, -0.15) is 0 Å². The summed E-state index contributed by atoms with van der Waals surface area (Å²) in [6, 6.07) is 8.53. The molecule has 1 amide bonds. The van der Waals surface area contributed by atoms with E-state index in [2.05, 4.69) is 10.6 Å². The van der Waals surface area contributed by atoms with Crippen LogP contribution in [-0.2, 0) is 14.3 Å². The van der Waals surface area contributed by atoms with Crippen molar-refractivity contribution in [2.45, 2.75) is 13.0 Å². The molecule has 1 aromatic rings. The molecule has 0 aliphatic carbocycles. The van der Waals surface area contributed by atoms with Crippen LogP contribution < -0.4 is 10.6 Å². The van der Waals surface area contributed by atoms with Crippen molar-refractivity contribution in [3.8, 4) is 0 Å². The predicted molar refractivity (Wildman–Crippen MR) is 67.9 cm³/mol. The van der Waals surface area contributed by atoms with Gasteiger partial charge in [-0.25, -0.2) is 4.79 Å². The number of rotatable bonds is 6. The third-order valence-corrected chi connectivity index (χ3v) is 2.41. The SMILES string of the molecule is CCNC(=O)CNC(C(=O)OC)c1ccccc1. The summed E-state index contributed by atoms with van der Waals surface area (Å²) in [7, 11) is 1.33. The van der Waals surface area contributed by atoms with Gasteiger partial charge in [0.2, 0.25) is 5.91 Å². The zero-order valence-corrected chi connectivity index (χ0v) is 10.6. The van der Waals surface area contributed by atoms with Gasteiger partial charge in [-0.15, -0.1) is 0 Å². The molecule has 0 saturated carbocycles. The molecule has 0 aromatic heterocycles. The Labute approximate surface area is 107 Å². The van der Waals surface area contributed by atoms with Gasteiger partial charge in [0.1, 0.15) is 6.04 Å². The number of carbonyl (C=O) groups is 2. The number of likely N-dealkylation sites (N-methyl/N-ethyl adjacent to an activating group) is 1. The molecule has 1 aromatic carbocycles. The van der Waals surface area contributed by atoms with Crippen molar-refractivity contribution < 1.29 is 14.3 Å². The number of benzene rings is 1. The number of hydrogen-bond donors (Lipinski definition) is 2. The van der Waals surface area contributed by atoms with E-state index in [0.29, 0.717) is 6.54 Å². The number of hydrogen-bond acceptors (Lipinski definition) is 4. The van der Waals surface area contributed by atoms with Crippen LogP contribution in [-0.4, -0.2) is 32.1 Å². The number of methoxy groups -OCH3 is 1. The Bertz CT molecular complexity index is 392. The van der Waals surface area contributed by atoms with Gasteiger partial charge in [-0.1, -0.05) is 30.3 Å². The van der Waals surface area contributed by atoms with E-state index in [4.69, 9.17) is 4.74 Å². The van der Waals surface area contributed by atoms with Crippen molar-refractivity contribution in [1.82, 2.24) is 10.6 Å². The van der Waals surface area contributed by atoms with Gasteiger partial charge in [0, 0.05) is 6.54 Å². The van der Waals surface area contributed by atoms with Gasteiger partial charge >= 0.3 is 5.97 Å². The quantitative estimate of drug-likeness (QED) is 0.727. The minimum Gasteiger partial charge on any atom is -0.468 e. The third-order valence-electron chi connectivity index (χ3n) is 2.41. The second-order valence-electron chi connectivity index (χ2n) is 3.70. The summed E-state index contributed by atoms with van der Waals surface area (Å²) in [5.74, 6) is -0.562. The van der Waals surface area contributed by atoms with Crippen molar-refractivity contribution in [2.75, 3.05) is 20.2 Å². The van der Waals surface area contributed by atoms with Gasteiger partial charge in [0.05, 0.1) is 13.7 Å². The highest BCUT2D eigenvalue weighted by Gasteiger charge is 2.21. The predicted octanol–water partition coefficient (Wildman–Crippen LogP) is 0.626. The second-order valence-corrected chi connectivity index (χ2v) is 3.70. The molecule has 1 atom stereocenters. The van der Waals surface area contributed by atoms with Gasteiger partial charge < -0.3 is 10.1 Å². The lowest BCUT2D eigenvalue weighted by molar-refractivity contribution is -0.143. The monoisotopic (exact) mass is 250 g/mol. The Kier molecular flexibility index (Phi) is 5.87. The van der Waals surface area contributed by atoms with Crippen LogP contribution in [0.2, 0.25) is 0 Å². The van der Waals surface area contributed by atoms with Crippen LogP contribution in [0.4, 0.5) is 0 Å². The number of carbonyl (C=O) groups excluding carboxylic acids is 2. The molecule has 1 rings (SSSR count). The van der Waals surface area contributed by atoms with E-state index in [9.17, 15) is 9.59 Å². The molecule has 1 unspecified atom stereocenters. The van der Waals surface area contributed by atoms with Gasteiger partial charge in [0.15, 0.2) is 0 Å². The fourth-order valence-electron chi connectivity index (χ4n) is 1.56. The molecule has 0 bridgehead atoms. The van der Waals surface area contributed by atoms with Crippen LogP contribution in [0.5, 0.6) is 0 Å². The highest BCUT2D eigenvalue weighted by molar-refractivity contribution is 5.81. The molecule has 0 aliphatic heterocycles. The van der Waals surface area contributed by atoms with E-state index in [1.54, 1.807) is 0 Å². The molecule has 98 valence electrons. The fraction of sp³-hybridized carbons (Fsp3) is 0.385. The summed E-state index contributed by atoms with van der Waals surface area (Å²) in [5, 5.41) is 5.54. The summed E-state index contributed by atoms with van der Waals surface area (Å²) in [6.07, 6.45) is 0. The van der Waals surface area contributed by atoms with Crippen molar-refractivity contribution >= 4 is 11.9 Å². The Balaban J connectivity index is 2.69. The molecule has 2 N–H and O–H groups in total. The lowest BCUT2D eigenvalue weighted by atomic mass is 10.1. The number of esters is 1. The first kappa shape index (κ1) is 14.2. The lowest BCUT2D eigenvalue weighted by Gasteiger charge is -2.16. The van der Waals surface area contributed by atoms with E-state index in [1.165, 1.54) is 7.11 Å². The minimum atomic E-state index is -0.626. The largest absolute Gasteiger partial charge is 0.468 e. The first-order valence-electron chi connectivity index (χ1n) is 5.82. The first-order chi connectivity index (χ1) is 8.69. The third kappa shape index (κ3) is 4.18. The zero-order chi connectivity index (χ0) is 13.4. The minimum absolute atomic E-state index is 0.0719. The van der Waals surface area contributed by atoms with Crippen LogP contribution >= 0.6 is 0 Å². The van der Waals surface area contributed by atoms with Crippen LogP contribution in [0.15, 0.2) is 30.3 Å². The highest BCUT2D eigenvalue weighted by Crippen LogP contribution is 2.13. The molecule has 0 heterocycles. The topological polar surface area (TPSA) is 67.4 Å². The van der Waals surface area contributed by atoms with Crippen molar-refractivity contribution in [3.05, 3.63) is 35.9 Å². The molecule has 0 radical (unpaired) electrons. The standard InChI is InChI=1S/C13H18N2O3/c1-3-14-11(16)9-15-12(13(17)18-2)10-7-5-4-6-8-10/h4-8,12,15H,3,9H2,1-2H3,(H,14,16). The molecule has 0 aliphatic rings. The molecule has 5 nitrogen and oxygen atoms in total. The van der Waals surface area contributed by atoms with Gasteiger partial charge in [-0.05, 0) is 12.5 Å². The van der Waals surface area contributed by atoms with E-state index >= 15 is 0 Å². The molecule has 0 spiro atoms. The summed E-state index contributed by atoms with van der Waals surface area (Å²) in [5.41, 5.74) is 0.772. The van der Waals surface area contributed by atoms with Crippen LogP contribution in [0.3, 0.4) is 0 Å². The zero-order valence-electron chi connectivity index (χ0n) is 10.6. The Morgan fingerprint density at radius 1 is 1.28 bits per heavy atom. The van der Waals surface area contributed by atoms with E-state index in [-0.39, 0.29) is 12.5 Å². The van der Waals surface area contributed by atoms with Crippen molar-refractivity contribution in [3.63, 3.8) is 0 Å². The lowest BCUT2D eigenvalue weighted by Crippen LogP contribution is -2.38. The van der Waals surface area contributed by atoms with Crippen molar-refractivity contribution in [1.29, 1.82) is 0 Å². The maximum atomic E-state index is 11.7. The maximum absolute atomic E-state index is 11.7. The average molecular weight is 250 g/mol. The second kappa shape index (κ2) is 7.45. The first-order valence-corrected chi connectivity index (χ1v) is 5.82. The number of nitrogens with one attached hydrogen (secondary N) is 2. The summed E-state index contributed by atoms with van der Waals surface area (Å²) in [6.45, 7) is 2.48. The summed E-state index contributed by atoms with van der Waals surface area (Å²) >= 11 is 0.